The van der Waals surface area contributed by atoms with Crippen molar-refractivity contribution in [2.45, 2.75) is 18.9 Å². The van der Waals surface area contributed by atoms with E-state index >= 15 is 0 Å². The van der Waals surface area contributed by atoms with Gasteiger partial charge >= 0.3 is 0 Å². The van der Waals surface area contributed by atoms with Crippen molar-refractivity contribution >= 4 is 0 Å². The second-order valence-corrected chi connectivity index (χ2v) is 4.16. The van der Waals surface area contributed by atoms with E-state index in [9.17, 15) is 4.39 Å². The highest BCUT2D eigenvalue weighted by Crippen LogP contribution is 2.26. The van der Waals surface area contributed by atoms with Crippen molar-refractivity contribution in [2.75, 3.05) is 13.1 Å². The van der Waals surface area contributed by atoms with Gasteiger partial charge < -0.3 is 11.1 Å². The molecule has 0 amide bonds. The topological polar surface area (TPSA) is 38.0 Å². The summed E-state index contributed by atoms with van der Waals surface area (Å²) in [6.07, 6.45) is 2.22. The van der Waals surface area contributed by atoms with Gasteiger partial charge in [-0.1, -0.05) is 12.1 Å². The third kappa shape index (κ3) is 2.55. The van der Waals surface area contributed by atoms with Crippen LogP contribution in [-0.2, 0) is 0 Å². The molecule has 1 aliphatic rings. The summed E-state index contributed by atoms with van der Waals surface area (Å²) in [7, 11) is 0. The minimum Gasteiger partial charge on any atom is -0.324 e. The summed E-state index contributed by atoms with van der Waals surface area (Å²) in [5.41, 5.74) is 7.21. The Balaban J connectivity index is 2.05. The SMILES string of the molecule is NC(c1ccc(F)cc1)C1CCNCC1. The third-order valence-electron chi connectivity index (χ3n) is 3.15. The van der Waals surface area contributed by atoms with E-state index in [1.807, 2.05) is 0 Å². The minimum absolute atomic E-state index is 0.0488. The molecule has 1 aromatic rings. The van der Waals surface area contributed by atoms with E-state index in [-0.39, 0.29) is 11.9 Å². The van der Waals surface area contributed by atoms with E-state index in [2.05, 4.69) is 5.32 Å². The van der Waals surface area contributed by atoms with Crippen LogP contribution in [0.25, 0.3) is 0 Å². The van der Waals surface area contributed by atoms with Gasteiger partial charge in [0.15, 0.2) is 0 Å². The lowest BCUT2D eigenvalue weighted by atomic mass is 9.87. The number of piperidine rings is 1. The molecule has 0 saturated carbocycles. The van der Waals surface area contributed by atoms with E-state index in [1.54, 1.807) is 12.1 Å². The molecule has 1 saturated heterocycles. The number of hydrogen-bond donors (Lipinski definition) is 2. The number of halogens is 1. The summed E-state index contributed by atoms with van der Waals surface area (Å²) in [6.45, 7) is 2.08. The molecule has 15 heavy (non-hydrogen) atoms. The first-order valence-corrected chi connectivity index (χ1v) is 5.49. The summed E-state index contributed by atoms with van der Waals surface area (Å²) in [5, 5.41) is 3.31. The zero-order chi connectivity index (χ0) is 10.7. The van der Waals surface area contributed by atoms with Crippen LogP contribution < -0.4 is 11.1 Å². The Kier molecular flexibility index (Phi) is 3.34. The maximum atomic E-state index is 12.7. The predicted octanol–water partition coefficient (Wildman–Crippen LogP) is 1.83. The van der Waals surface area contributed by atoms with Gasteiger partial charge in [0.1, 0.15) is 5.82 Å². The Bertz CT molecular complexity index is 304. The number of benzene rings is 1. The Labute approximate surface area is 89.7 Å². The average molecular weight is 208 g/mol. The van der Waals surface area contributed by atoms with Crippen molar-refractivity contribution in [3.63, 3.8) is 0 Å². The van der Waals surface area contributed by atoms with Crippen molar-refractivity contribution < 1.29 is 4.39 Å². The summed E-state index contributed by atoms with van der Waals surface area (Å²) < 4.78 is 12.7. The van der Waals surface area contributed by atoms with Crippen molar-refractivity contribution in [3.8, 4) is 0 Å². The average Bonchev–Trinajstić information content (AvgIpc) is 2.30. The van der Waals surface area contributed by atoms with E-state index in [4.69, 9.17) is 5.73 Å². The van der Waals surface area contributed by atoms with Crippen LogP contribution in [0.4, 0.5) is 4.39 Å². The first-order valence-electron chi connectivity index (χ1n) is 5.49. The first kappa shape index (κ1) is 10.6. The van der Waals surface area contributed by atoms with Crippen LogP contribution in [0.5, 0.6) is 0 Å². The standard InChI is InChI=1S/C12H17FN2/c13-11-3-1-9(2-4-11)12(14)10-5-7-15-8-6-10/h1-4,10,12,15H,5-8,14H2. The molecule has 1 aliphatic heterocycles. The van der Waals surface area contributed by atoms with Crippen LogP contribution in [0, 0.1) is 11.7 Å². The predicted molar refractivity (Wildman–Crippen MR) is 58.9 cm³/mol. The molecule has 2 rings (SSSR count). The Morgan fingerprint density at radius 3 is 2.40 bits per heavy atom. The van der Waals surface area contributed by atoms with Crippen LogP contribution in [0.2, 0.25) is 0 Å². The second kappa shape index (κ2) is 4.73. The van der Waals surface area contributed by atoms with Crippen molar-refractivity contribution in [1.82, 2.24) is 5.32 Å². The van der Waals surface area contributed by atoms with Crippen molar-refractivity contribution in [3.05, 3.63) is 35.6 Å². The lowest BCUT2D eigenvalue weighted by Gasteiger charge is -2.28. The van der Waals surface area contributed by atoms with E-state index < -0.39 is 0 Å². The number of rotatable bonds is 2. The normalized spacial score (nSPS) is 20.1. The zero-order valence-corrected chi connectivity index (χ0v) is 8.75. The largest absolute Gasteiger partial charge is 0.324 e. The molecule has 1 aromatic carbocycles. The minimum atomic E-state index is -0.198. The fourth-order valence-electron chi connectivity index (χ4n) is 2.16. The molecule has 1 fully saturated rings. The fraction of sp³-hybridized carbons (Fsp3) is 0.500. The summed E-state index contributed by atoms with van der Waals surface area (Å²) in [4.78, 5) is 0. The van der Waals surface area contributed by atoms with Crippen LogP contribution in [0.1, 0.15) is 24.4 Å². The Morgan fingerprint density at radius 2 is 1.80 bits per heavy atom. The maximum absolute atomic E-state index is 12.7. The van der Waals surface area contributed by atoms with Gasteiger partial charge in [-0.05, 0) is 49.5 Å². The summed E-state index contributed by atoms with van der Waals surface area (Å²) in [5.74, 6) is 0.327. The zero-order valence-electron chi connectivity index (χ0n) is 8.75. The Hall–Kier alpha value is -0.930. The molecule has 3 heteroatoms. The number of nitrogens with one attached hydrogen (secondary N) is 1. The molecule has 1 atom stereocenters. The highest BCUT2D eigenvalue weighted by molar-refractivity contribution is 5.20. The van der Waals surface area contributed by atoms with E-state index in [0.29, 0.717) is 5.92 Å². The summed E-state index contributed by atoms with van der Waals surface area (Å²) >= 11 is 0. The molecule has 3 N–H and O–H groups in total. The smallest absolute Gasteiger partial charge is 0.123 e. The highest BCUT2D eigenvalue weighted by Gasteiger charge is 2.21. The molecule has 0 spiro atoms. The highest BCUT2D eigenvalue weighted by atomic mass is 19.1. The molecule has 2 nitrogen and oxygen atoms in total. The van der Waals surface area contributed by atoms with Gasteiger partial charge in [0.2, 0.25) is 0 Å². The van der Waals surface area contributed by atoms with Gasteiger partial charge in [0, 0.05) is 6.04 Å². The fourth-order valence-corrected chi connectivity index (χ4v) is 2.16. The molecule has 82 valence electrons. The van der Waals surface area contributed by atoms with Gasteiger partial charge in [-0.25, -0.2) is 4.39 Å². The van der Waals surface area contributed by atoms with Crippen LogP contribution in [-0.4, -0.2) is 13.1 Å². The van der Waals surface area contributed by atoms with Crippen LogP contribution >= 0.6 is 0 Å². The van der Waals surface area contributed by atoms with Gasteiger partial charge in [-0.15, -0.1) is 0 Å². The second-order valence-electron chi connectivity index (χ2n) is 4.16. The van der Waals surface area contributed by atoms with Gasteiger partial charge in [-0.3, -0.25) is 0 Å². The molecule has 1 unspecified atom stereocenters. The lowest BCUT2D eigenvalue weighted by molar-refractivity contribution is 0.322. The monoisotopic (exact) mass is 208 g/mol. The van der Waals surface area contributed by atoms with Crippen molar-refractivity contribution in [1.29, 1.82) is 0 Å². The number of hydrogen-bond acceptors (Lipinski definition) is 2. The Morgan fingerprint density at radius 1 is 1.20 bits per heavy atom. The van der Waals surface area contributed by atoms with Gasteiger partial charge in [0.25, 0.3) is 0 Å². The molecular formula is C12H17FN2. The van der Waals surface area contributed by atoms with Gasteiger partial charge in [0.05, 0.1) is 0 Å². The molecule has 0 aromatic heterocycles. The van der Waals surface area contributed by atoms with E-state index in [1.165, 1.54) is 12.1 Å². The first-order chi connectivity index (χ1) is 7.27. The molecular weight excluding hydrogens is 191 g/mol. The van der Waals surface area contributed by atoms with Gasteiger partial charge in [-0.2, -0.15) is 0 Å². The summed E-state index contributed by atoms with van der Waals surface area (Å²) in [6, 6.07) is 6.60. The number of nitrogens with two attached hydrogens (primary N) is 1. The van der Waals surface area contributed by atoms with E-state index in [0.717, 1.165) is 31.5 Å². The van der Waals surface area contributed by atoms with Crippen molar-refractivity contribution in [2.24, 2.45) is 11.7 Å². The molecule has 1 heterocycles. The molecule has 0 bridgehead atoms. The maximum Gasteiger partial charge on any atom is 0.123 e. The molecule has 0 radical (unpaired) electrons. The third-order valence-corrected chi connectivity index (χ3v) is 3.15. The lowest BCUT2D eigenvalue weighted by Crippen LogP contribution is -2.33. The molecule has 0 aliphatic carbocycles. The van der Waals surface area contributed by atoms with Crippen LogP contribution in [0.15, 0.2) is 24.3 Å². The quantitative estimate of drug-likeness (QED) is 0.778. The van der Waals surface area contributed by atoms with Crippen LogP contribution in [0.3, 0.4) is 0 Å².